The topological polar surface area (TPSA) is 109 Å². The van der Waals surface area contributed by atoms with Gasteiger partial charge in [-0.2, -0.15) is 19.8 Å². The smallest absolute Gasteiger partial charge is 0.224 e. The number of nitrogens with two attached hydrogens (primary N) is 1. The van der Waals surface area contributed by atoms with E-state index in [1.54, 1.807) is 0 Å². The molecule has 21 heavy (non-hydrogen) atoms. The Labute approximate surface area is 124 Å². The largest absolute Gasteiger partial charge is 0.381 e. The van der Waals surface area contributed by atoms with Gasteiger partial charge in [0.05, 0.1) is 12.1 Å². The van der Waals surface area contributed by atoms with Crippen molar-refractivity contribution in [1.29, 1.82) is 0 Å². The highest BCUT2D eigenvalue weighted by Gasteiger charge is 2.26. The first-order chi connectivity index (χ1) is 10.2. The molecule has 0 radical (unpaired) electrons. The molecule has 1 amide bonds. The van der Waals surface area contributed by atoms with Gasteiger partial charge in [0.2, 0.25) is 5.91 Å². The molecule has 2 aliphatic heterocycles. The van der Waals surface area contributed by atoms with Gasteiger partial charge in [-0.15, -0.1) is 0 Å². The number of hydrogen-bond donors (Lipinski definition) is 3. The second-order valence-electron chi connectivity index (χ2n) is 4.55. The van der Waals surface area contributed by atoms with E-state index in [-0.39, 0.29) is 18.9 Å². The molecule has 3 rings (SSSR count). The number of amides is 1. The lowest BCUT2D eigenvalue weighted by Gasteiger charge is -2.05. The molecule has 2 heterocycles. The Morgan fingerprint density at radius 1 is 1.52 bits per heavy atom. The molecular weight excluding hydrogens is 295 g/mol. The van der Waals surface area contributed by atoms with Crippen LogP contribution in [0.5, 0.6) is 0 Å². The molecule has 0 fully saturated rings. The van der Waals surface area contributed by atoms with Gasteiger partial charge in [0.15, 0.2) is 5.84 Å². The summed E-state index contributed by atoms with van der Waals surface area (Å²) in [5, 5.41) is 13.2. The summed E-state index contributed by atoms with van der Waals surface area (Å²) < 4.78 is 16.3. The van der Waals surface area contributed by atoms with Crippen molar-refractivity contribution < 1.29 is 9.18 Å². The second kappa shape index (κ2) is 5.68. The standard InChI is InChI=1S/C12H13FN6OS/c13-1-2-15-9(20)4-6-3-8-10-7(6)5-21-18-12(14)11(10)17-19-16-8/h3,19H,1-2,4-5H2,(H2,14,18)(H,15,20). The molecular formula is C12H13FN6OS. The van der Waals surface area contributed by atoms with Gasteiger partial charge in [0.1, 0.15) is 12.4 Å². The van der Waals surface area contributed by atoms with Crippen molar-refractivity contribution in [3.8, 4) is 11.3 Å². The molecule has 3 aliphatic rings. The first kappa shape index (κ1) is 13.8. The molecule has 0 aromatic heterocycles. The fourth-order valence-electron chi connectivity index (χ4n) is 2.32. The van der Waals surface area contributed by atoms with Crippen molar-refractivity contribution in [2.75, 3.05) is 13.2 Å². The van der Waals surface area contributed by atoms with Crippen molar-refractivity contribution in [2.45, 2.75) is 12.2 Å². The van der Waals surface area contributed by atoms with Crippen molar-refractivity contribution in [1.82, 2.24) is 20.7 Å². The van der Waals surface area contributed by atoms with Crippen molar-refractivity contribution in [2.24, 2.45) is 10.1 Å². The maximum atomic E-state index is 12.1. The molecule has 1 aliphatic carbocycles. The maximum Gasteiger partial charge on any atom is 0.224 e. The second-order valence-corrected chi connectivity index (χ2v) is 5.28. The van der Waals surface area contributed by atoms with E-state index in [9.17, 15) is 9.18 Å². The van der Waals surface area contributed by atoms with E-state index in [4.69, 9.17) is 5.73 Å². The summed E-state index contributed by atoms with van der Waals surface area (Å²) in [7, 11) is 0. The fraction of sp³-hybridized carbons (Fsp3) is 0.333. The quantitative estimate of drug-likeness (QED) is 0.709. The number of carbonyl (C=O) groups excluding carboxylic acids is 1. The molecule has 0 saturated carbocycles. The molecule has 4 N–H and O–H groups in total. The van der Waals surface area contributed by atoms with Crippen LogP contribution in [0.25, 0.3) is 11.3 Å². The van der Waals surface area contributed by atoms with Gasteiger partial charge in [-0.1, -0.05) is 0 Å². The van der Waals surface area contributed by atoms with Crippen LogP contribution in [0.3, 0.4) is 0 Å². The lowest BCUT2D eigenvalue weighted by atomic mass is 10.1. The average molecular weight is 308 g/mol. The monoisotopic (exact) mass is 308 g/mol. The van der Waals surface area contributed by atoms with Crippen LogP contribution in [0.15, 0.2) is 10.5 Å². The molecule has 0 aromatic carbocycles. The van der Waals surface area contributed by atoms with Gasteiger partial charge in [0.25, 0.3) is 0 Å². The molecule has 0 unspecified atom stereocenters. The number of nitrogens with one attached hydrogen (secondary N) is 2. The van der Waals surface area contributed by atoms with Crippen molar-refractivity contribution in [3.63, 3.8) is 0 Å². The highest BCUT2D eigenvalue weighted by Crippen LogP contribution is 2.37. The van der Waals surface area contributed by atoms with Gasteiger partial charge in [-0.05, 0) is 29.1 Å². The number of rotatable bonds is 4. The minimum atomic E-state index is -0.577. The lowest BCUT2D eigenvalue weighted by molar-refractivity contribution is -0.120. The Kier molecular flexibility index (Phi) is 3.74. The van der Waals surface area contributed by atoms with E-state index in [1.807, 2.05) is 6.07 Å². The molecule has 110 valence electrons. The average Bonchev–Trinajstić information content (AvgIpc) is 2.72. The van der Waals surface area contributed by atoms with E-state index in [0.717, 1.165) is 16.7 Å². The third kappa shape index (κ3) is 2.56. The molecule has 7 nitrogen and oxygen atoms in total. The number of H-pyrrole nitrogens is 1. The summed E-state index contributed by atoms with van der Waals surface area (Å²) in [5.41, 5.74) is 9.75. The van der Waals surface area contributed by atoms with Gasteiger partial charge in [-0.25, -0.2) is 4.39 Å². The van der Waals surface area contributed by atoms with Gasteiger partial charge in [-0.3, -0.25) is 4.79 Å². The van der Waals surface area contributed by atoms with Crippen molar-refractivity contribution in [3.05, 3.63) is 22.9 Å². The Morgan fingerprint density at radius 2 is 2.38 bits per heavy atom. The van der Waals surface area contributed by atoms with E-state index < -0.39 is 6.67 Å². The molecule has 0 atom stereocenters. The molecule has 0 spiro atoms. The number of hydrogen-bond acceptors (Lipinski definition) is 6. The summed E-state index contributed by atoms with van der Waals surface area (Å²) in [5.74, 6) is 0.707. The van der Waals surface area contributed by atoms with E-state index in [2.05, 4.69) is 25.1 Å². The molecule has 0 saturated heterocycles. The zero-order chi connectivity index (χ0) is 14.8. The number of halogens is 1. The summed E-state index contributed by atoms with van der Waals surface area (Å²) in [6.07, 6.45) is 0.172. The lowest BCUT2D eigenvalue weighted by Crippen LogP contribution is -2.27. The number of amidine groups is 1. The van der Waals surface area contributed by atoms with Gasteiger partial charge in [0, 0.05) is 17.9 Å². The fourth-order valence-corrected chi connectivity index (χ4v) is 3.07. The minimum absolute atomic E-state index is 0.0258. The van der Waals surface area contributed by atoms with Crippen LogP contribution in [0, 0.1) is 0 Å². The Balaban J connectivity index is 1.99. The third-order valence-corrected chi connectivity index (χ3v) is 3.95. The Hall–Kier alpha value is -2.16. The summed E-state index contributed by atoms with van der Waals surface area (Å²) in [6, 6.07) is 1.83. The van der Waals surface area contributed by atoms with Gasteiger partial charge < -0.3 is 11.1 Å². The first-order valence-corrected chi connectivity index (χ1v) is 7.28. The first-order valence-electron chi connectivity index (χ1n) is 6.34. The maximum absolute atomic E-state index is 12.1. The Morgan fingerprint density at radius 3 is 3.19 bits per heavy atom. The number of aromatic amines is 1. The summed E-state index contributed by atoms with van der Waals surface area (Å²) in [4.78, 5) is 11.8. The van der Waals surface area contributed by atoms with Crippen LogP contribution in [-0.2, 0) is 17.0 Å². The third-order valence-electron chi connectivity index (χ3n) is 3.21. The number of carbonyl (C=O) groups is 1. The van der Waals surface area contributed by atoms with Crippen LogP contribution < -0.4 is 11.1 Å². The normalized spacial score (nSPS) is 13.9. The van der Waals surface area contributed by atoms with E-state index >= 15 is 0 Å². The van der Waals surface area contributed by atoms with Crippen LogP contribution in [0.4, 0.5) is 4.39 Å². The number of aromatic nitrogens is 3. The number of nitrogens with zero attached hydrogens (tertiary/aromatic N) is 3. The predicted octanol–water partition coefficient (Wildman–Crippen LogP) is 0.405. The zero-order valence-electron chi connectivity index (χ0n) is 11.0. The molecule has 9 heteroatoms. The Bertz CT molecular complexity index is 685. The van der Waals surface area contributed by atoms with Crippen molar-refractivity contribution >= 4 is 23.7 Å². The highest BCUT2D eigenvalue weighted by atomic mass is 32.2. The molecule has 0 aromatic rings. The minimum Gasteiger partial charge on any atom is -0.381 e. The number of alkyl halides is 1. The molecule has 0 bridgehead atoms. The highest BCUT2D eigenvalue weighted by molar-refractivity contribution is 7.97. The van der Waals surface area contributed by atoms with Crippen LogP contribution in [0.1, 0.15) is 16.8 Å². The zero-order valence-corrected chi connectivity index (χ0v) is 11.8. The predicted molar refractivity (Wildman–Crippen MR) is 77.7 cm³/mol. The van der Waals surface area contributed by atoms with Crippen LogP contribution in [-0.4, -0.2) is 40.4 Å². The van der Waals surface area contributed by atoms with E-state index in [1.165, 1.54) is 11.9 Å². The van der Waals surface area contributed by atoms with E-state index in [0.29, 0.717) is 23.0 Å². The van der Waals surface area contributed by atoms with Crippen LogP contribution in [0.2, 0.25) is 0 Å². The SMILES string of the molecule is NC1=NSCc2c(CC(=O)NCCF)cc3n[nH]nc1c2-3. The van der Waals surface area contributed by atoms with Crippen LogP contribution >= 0.6 is 11.9 Å². The van der Waals surface area contributed by atoms with Gasteiger partial charge >= 0.3 is 0 Å². The summed E-state index contributed by atoms with van der Waals surface area (Å²) >= 11 is 1.31. The summed E-state index contributed by atoms with van der Waals surface area (Å²) in [6.45, 7) is -0.551.